The topological polar surface area (TPSA) is 39.2 Å². The van der Waals surface area contributed by atoms with Crippen LogP contribution in [0.5, 0.6) is 0 Å². The van der Waals surface area contributed by atoms with Crippen LogP contribution in [0.15, 0.2) is 18.5 Å². The number of aryl methyl sites for hydroxylation is 1. The lowest BCUT2D eigenvalue weighted by Crippen LogP contribution is -2.06. The van der Waals surface area contributed by atoms with E-state index in [2.05, 4.69) is 11.9 Å². The van der Waals surface area contributed by atoms with E-state index in [4.69, 9.17) is 4.74 Å². The summed E-state index contributed by atoms with van der Waals surface area (Å²) >= 11 is 0. The number of unbranched alkanes of at least 4 members (excludes halogenated alkanes) is 10. The first kappa shape index (κ1) is 19.7. The molecule has 0 aliphatic heterocycles. The van der Waals surface area contributed by atoms with E-state index in [1.165, 1.54) is 71.3 Å². The molecular formula is C20H33NO2. The number of pyridine rings is 1. The van der Waals surface area contributed by atoms with E-state index in [0.717, 1.165) is 18.4 Å². The van der Waals surface area contributed by atoms with Crippen LogP contribution in [0.25, 0.3) is 0 Å². The summed E-state index contributed by atoms with van der Waals surface area (Å²) < 4.78 is 4.80. The minimum absolute atomic E-state index is 0.281. The van der Waals surface area contributed by atoms with Crippen LogP contribution in [-0.2, 0) is 11.2 Å². The van der Waals surface area contributed by atoms with Crippen LogP contribution in [0.1, 0.15) is 93.5 Å². The fraction of sp³-hybridized carbons (Fsp3) is 0.700. The second-order valence-corrected chi connectivity index (χ2v) is 6.31. The van der Waals surface area contributed by atoms with Crippen molar-refractivity contribution in [2.75, 3.05) is 7.11 Å². The van der Waals surface area contributed by atoms with Crippen molar-refractivity contribution in [1.82, 2.24) is 4.98 Å². The van der Waals surface area contributed by atoms with Gasteiger partial charge in [-0.25, -0.2) is 4.79 Å². The number of hydrogen-bond donors (Lipinski definition) is 0. The van der Waals surface area contributed by atoms with Crippen LogP contribution in [0, 0.1) is 0 Å². The monoisotopic (exact) mass is 319 g/mol. The number of carbonyl (C=O) groups is 1. The van der Waals surface area contributed by atoms with Crippen LogP contribution >= 0.6 is 0 Å². The maximum atomic E-state index is 11.7. The molecule has 0 saturated carbocycles. The first-order valence-corrected chi connectivity index (χ1v) is 9.30. The molecule has 0 N–H and O–H groups in total. The van der Waals surface area contributed by atoms with E-state index in [9.17, 15) is 4.79 Å². The largest absolute Gasteiger partial charge is 0.465 e. The number of carbonyl (C=O) groups excluding carboxylic acids is 1. The zero-order valence-corrected chi connectivity index (χ0v) is 15.0. The van der Waals surface area contributed by atoms with Crippen LogP contribution < -0.4 is 0 Å². The van der Waals surface area contributed by atoms with Crippen molar-refractivity contribution in [3.05, 3.63) is 29.6 Å². The lowest BCUT2D eigenvalue weighted by Gasteiger charge is -2.07. The highest BCUT2D eigenvalue weighted by Crippen LogP contribution is 2.15. The molecule has 3 nitrogen and oxygen atoms in total. The molecule has 0 aromatic carbocycles. The molecule has 0 unspecified atom stereocenters. The van der Waals surface area contributed by atoms with Gasteiger partial charge < -0.3 is 4.74 Å². The summed E-state index contributed by atoms with van der Waals surface area (Å²) in [5.74, 6) is -0.281. The van der Waals surface area contributed by atoms with Gasteiger partial charge in [-0.15, -0.1) is 0 Å². The lowest BCUT2D eigenvalue weighted by molar-refractivity contribution is 0.0599. The highest BCUT2D eigenvalue weighted by molar-refractivity contribution is 5.90. The Balaban J connectivity index is 2.06. The number of rotatable bonds is 13. The third-order valence-corrected chi connectivity index (χ3v) is 4.37. The van der Waals surface area contributed by atoms with Crippen molar-refractivity contribution in [2.24, 2.45) is 0 Å². The Morgan fingerprint density at radius 2 is 1.52 bits per heavy atom. The van der Waals surface area contributed by atoms with Gasteiger partial charge in [-0.1, -0.05) is 71.1 Å². The molecule has 0 amide bonds. The standard InChI is InChI=1S/C20H33NO2/c1-3-4-5-6-7-8-9-10-11-12-13-14-18-15-16-21-17-19(18)20(22)23-2/h15-17H,3-14H2,1-2H3. The fourth-order valence-corrected chi connectivity index (χ4v) is 2.91. The fourth-order valence-electron chi connectivity index (χ4n) is 2.91. The molecule has 1 aromatic rings. The van der Waals surface area contributed by atoms with Gasteiger partial charge in [0.2, 0.25) is 0 Å². The maximum Gasteiger partial charge on any atom is 0.339 e. The minimum atomic E-state index is -0.281. The molecule has 1 rings (SSSR count). The van der Waals surface area contributed by atoms with Gasteiger partial charge in [-0.2, -0.15) is 0 Å². The number of esters is 1. The van der Waals surface area contributed by atoms with Gasteiger partial charge in [0, 0.05) is 12.4 Å². The Morgan fingerprint density at radius 1 is 0.957 bits per heavy atom. The van der Waals surface area contributed by atoms with Crippen molar-refractivity contribution in [3.63, 3.8) is 0 Å². The molecule has 0 radical (unpaired) electrons. The molecule has 0 aliphatic carbocycles. The quantitative estimate of drug-likeness (QED) is 0.345. The number of hydrogen-bond acceptors (Lipinski definition) is 3. The molecule has 1 heterocycles. The average molecular weight is 319 g/mol. The molecule has 0 saturated heterocycles. The normalized spacial score (nSPS) is 10.7. The summed E-state index contributed by atoms with van der Waals surface area (Å²) in [7, 11) is 1.42. The zero-order chi connectivity index (χ0) is 16.8. The molecule has 0 spiro atoms. The Kier molecular flexibility index (Phi) is 11.2. The second kappa shape index (κ2) is 13.1. The van der Waals surface area contributed by atoms with Gasteiger partial charge >= 0.3 is 5.97 Å². The van der Waals surface area contributed by atoms with E-state index in [1.54, 1.807) is 12.4 Å². The summed E-state index contributed by atoms with van der Waals surface area (Å²) in [5, 5.41) is 0. The first-order chi connectivity index (χ1) is 11.3. The van der Waals surface area contributed by atoms with Crippen molar-refractivity contribution in [3.8, 4) is 0 Å². The molecule has 0 atom stereocenters. The van der Waals surface area contributed by atoms with Crippen LogP contribution in [0.3, 0.4) is 0 Å². The number of aromatic nitrogens is 1. The molecule has 3 heteroatoms. The van der Waals surface area contributed by atoms with Crippen LogP contribution in [-0.4, -0.2) is 18.1 Å². The summed E-state index contributed by atoms with van der Waals surface area (Å²) in [4.78, 5) is 15.7. The number of ether oxygens (including phenoxy) is 1. The van der Waals surface area contributed by atoms with E-state index < -0.39 is 0 Å². The summed E-state index contributed by atoms with van der Waals surface area (Å²) in [6.45, 7) is 2.26. The molecule has 130 valence electrons. The van der Waals surface area contributed by atoms with E-state index in [1.807, 2.05) is 6.07 Å². The highest BCUT2D eigenvalue weighted by Gasteiger charge is 2.10. The number of nitrogens with zero attached hydrogens (tertiary/aromatic N) is 1. The van der Waals surface area contributed by atoms with Gasteiger partial charge in [-0.05, 0) is 24.5 Å². The Morgan fingerprint density at radius 3 is 2.09 bits per heavy atom. The van der Waals surface area contributed by atoms with Crippen LogP contribution in [0.2, 0.25) is 0 Å². The summed E-state index contributed by atoms with van der Waals surface area (Å²) in [6.07, 6.45) is 19.0. The van der Waals surface area contributed by atoms with Crippen molar-refractivity contribution in [1.29, 1.82) is 0 Å². The van der Waals surface area contributed by atoms with E-state index in [-0.39, 0.29) is 5.97 Å². The van der Waals surface area contributed by atoms with Crippen molar-refractivity contribution < 1.29 is 9.53 Å². The van der Waals surface area contributed by atoms with Gasteiger partial charge in [-0.3, -0.25) is 4.98 Å². The molecule has 0 aliphatic rings. The summed E-state index contributed by atoms with van der Waals surface area (Å²) in [5.41, 5.74) is 1.67. The molecule has 23 heavy (non-hydrogen) atoms. The maximum absolute atomic E-state index is 11.7. The minimum Gasteiger partial charge on any atom is -0.465 e. The summed E-state index contributed by atoms with van der Waals surface area (Å²) in [6, 6.07) is 1.93. The zero-order valence-electron chi connectivity index (χ0n) is 15.0. The molecule has 1 aromatic heterocycles. The van der Waals surface area contributed by atoms with E-state index >= 15 is 0 Å². The van der Waals surface area contributed by atoms with Crippen molar-refractivity contribution >= 4 is 5.97 Å². The van der Waals surface area contributed by atoms with Gasteiger partial charge in [0.15, 0.2) is 0 Å². The SMILES string of the molecule is CCCCCCCCCCCCCc1ccncc1C(=O)OC. The molecule has 0 bridgehead atoms. The third-order valence-electron chi connectivity index (χ3n) is 4.37. The highest BCUT2D eigenvalue weighted by atomic mass is 16.5. The second-order valence-electron chi connectivity index (χ2n) is 6.31. The smallest absolute Gasteiger partial charge is 0.339 e. The first-order valence-electron chi connectivity index (χ1n) is 9.30. The van der Waals surface area contributed by atoms with E-state index in [0.29, 0.717) is 5.56 Å². The van der Waals surface area contributed by atoms with Crippen LogP contribution in [0.4, 0.5) is 0 Å². The number of methoxy groups -OCH3 is 1. The predicted octanol–water partition coefficient (Wildman–Crippen LogP) is 5.72. The molecular weight excluding hydrogens is 286 g/mol. The average Bonchev–Trinajstić information content (AvgIpc) is 2.59. The predicted molar refractivity (Wildman–Crippen MR) is 95.7 cm³/mol. The Labute approximate surface area is 141 Å². The molecule has 0 fully saturated rings. The van der Waals surface area contributed by atoms with Crippen molar-refractivity contribution in [2.45, 2.75) is 84.0 Å². The van der Waals surface area contributed by atoms with Gasteiger partial charge in [0.05, 0.1) is 12.7 Å². The third kappa shape index (κ3) is 8.73. The Hall–Kier alpha value is -1.38. The lowest BCUT2D eigenvalue weighted by atomic mass is 10.0. The van der Waals surface area contributed by atoms with Gasteiger partial charge in [0.25, 0.3) is 0 Å². The Bertz CT molecular complexity index is 431. The van der Waals surface area contributed by atoms with Gasteiger partial charge in [0.1, 0.15) is 0 Å².